The molecule has 2 aliphatic rings. The molecule has 0 aromatic carbocycles. The predicted octanol–water partition coefficient (Wildman–Crippen LogP) is 0.429. The quantitative estimate of drug-likeness (QED) is 0.653. The maximum Gasteiger partial charge on any atom is 0.267 e. The van der Waals surface area contributed by atoms with Crippen molar-refractivity contribution in [1.82, 2.24) is 5.32 Å². The van der Waals surface area contributed by atoms with Crippen molar-refractivity contribution >= 4 is 16.0 Å². The van der Waals surface area contributed by atoms with Gasteiger partial charge in [-0.05, 0) is 44.9 Å². The van der Waals surface area contributed by atoms with E-state index in [4.69, 9.17) is 10.3 Å². The van der Waals surface area contributed by atoms with E-state index < -0.39 is 15.4 Å². The van der Waals surface area contributed by atoms with Crippen LogP contribution in [0.15, 0.2) is 0 Å². The van der Waals surface area contributed by atoms with Crippen LogP contribution in [0.25, 0.3) is 0 Å². The Bertz CT molecular complexity index is 429. The van der Waals surface area contributed by atoms with Gasteiger partial charge < -0.3 is 11.1 Å². The fraction of sp³-hybridized carbons (Fsp3) is 0.917. The molecule has 1 amide bonds. The molecular weight excluding hydrogens is 268 g/mol. The van der Waals surface area contributed by atoms with Crippen LogP contribution in [0, 0.1) is 5.92 Å². The number of rotatable bonds is 3. The lowest BCUT2D eigenvalue weighted by atomic mass is 9.91. The van der Waals surface area contributed by atoms with Crippen molar-refractivity contribution in [2.24, 2.45) is 11.7 Å². The number of hydrogen-bond acceptors (Lipinski definition) is 4. The van der Waals surface area contributed by atoms with E-state index in [1.165, 1.54) is 0 Å². The molecule has 0 bridgehead atoms. The third kappa shape index (κ3) is 3.90. The Morgan fingerprint density at radius 1 is 1.11 bits per heavy atom. The van der Waals surface area contributed by atoms with Gasteiger partial charge in [0.15, 0.2) is 0 Å². The third-order valence-corrected chi connectivity index (χ3v) is 5.57. The zero-order valence-electron chi connectivity index (χ0n) is 10.9. The topological polar surface area (TPSA) is 109 Å². The molecule has 2 aliphatic carbocycles. The highest BCUT2D eigenvalue weighted by atomic mass is 32.2. The van der Waals surface area contributed by atoms with E-state index in [-0.39, 0.29) is 30.3 Å². The Kier molecular flexibility index (Phi) is 4.47. The highest BCUT2D eigenvalue weighted by molar-refractivity contribution is 7.86. The summed E-state index contributed by atoms with van der Waals surface area (Å²) in [6.45, 7) is 0. The molecule has 0 spiro atoms. The second-order valence-electron chi connectivity index (χ2n) is 5.77. The molecule has 2 fully saturated rings. The molecular formula is C12H22N2O4S. The highest BCUT2D eigenvalue weighted by Crippen LogP contribution is 2.30. The average molecular weight is 290 g/mol. The van der Waals surface area contributed by atoms with Gasteiger partial charge in [-0.1, -0.05) is 0 Å². The van der Waals surface area contributed by atoms with Crippen LogP contribution < -0.4 is 11.1 Å². The van der Waals surface area contributed by atoms with Crippen LogP contribution in [-0.4, -0.2) is 36.2 Å². The predicted molar refractivity (Wildman–Crippen MR) is 71.1 cm³/mol. The van der Waals surface area contributed by atoms with Gasteiger partial charge in [0.2, 0.25) is 5.91 Å². The molecule has 0 heterocycles. The zero-order valence-corrected chi connectivity index (χ0v) is 11.7. The van der Waals surface area contributed by atoms with E-state index in [1.807, 2.05) is 0 Å². The fourth-order valence-electron chi connectivity index (χ4n) is 3.03. The Morgan fingerprint density at radius 3 is 2.26 bits per heavy atom. The van der Waals surface area contributed by atoms with Crippen molar-refractivity contribution in [1.29, 1.82) is 0 Å². The van der Waals surface area contributed by atoms with E-state index in [0.717, 1.165) is 25.7 Å². The molecule has 2 atom stereocenters. The summed E-state index contributed by atoms with van der Waals surface area (Å²) in [7, 11) is -4.01. The Labute approximate surface area is 113 Å². The van der Waals surface area contributed by atoms with Gasteiger partial charge in [0.1, 0.15) is 0 Å². The molecule has 110 valence electrons. The van der Waals surface area contributed by atoms with Crippen molar-refractivity contribution in [3.8, 4) is 0 Å². The summed E-state index contributed by atoms with van der Waals surface area (Å²) in [6.07, 6.45) is 4.75. The van der Waals surface area contributed by atoms with Gasteiger partial charge in [-0.3, -0.25) is 9.35 Å². The highest BCUT2D eigenvalue weighted by Gasteiger charge is 2.37. The summed E-state index contributed by atoms with van der Waals surface area (Å²) in [5, 5.41) is 2.21. The minimum Gasteiger partial charge on any atom is -0.353 e. The molecule has 2 rings (SSSR count). The molecule has 4 N–H and O–H groups in total. The lowest BCUT2D eigenvalue weighted by Crippen LogP contribution is -2.42. The maximum atomic E-state index is 12.0. The molecule has 0 aromatic rings. The lowest BCUT2D eigenvalue weighted by molar-refractivity contribution is -0.125. The smallest absolute Gasteiger partial charge is 0.267 e. The van der Waals surface area contributed by atoms with Crippen molar-refractivity contribution in [3.05, 3.63) is 0 Å². The van der Waals surface area contributed by atoms with E-state index in [0.29, 0.717) is 12.8 Å². The van der Waals surface area contributed by atoms with Crippen LogP contribution in [-0.2, 0) is 14.9 Å². The largest absolute Gasteiger partial charge is 0.353 e. The second-order valence-corrected chi connectivity index (χ2v) is 7.46. The molecule has 7 heteroatoms. The van der Waals surface area contributed by atoms with Crippen LogP contribution in [0.1, 0.15) is 44.9 Å². The van der Waals surface area contributed by atoms with Crippen molar-refractivity contribution in [2.45, 2.75) is 62.3 Å². The van der Waals surface area contributed by atoms with Gasteiger partial charge in [-0.15, -0.1) is 0 Å². The number of hydrogen-bond donors (Lipinski definition) is 3. The number of nitrogens with one attached hydrogen (secondary N) is 1. The standard InChI is InChI=1S/C12H22N2O4S/c13-9-2-4-10(5-3-9)14-12(15)8-1-6-11(7-8)19(16,17)18/h8-11H,1-7,13H2,(H,14,15)(H,16,17,18)/t8?,9-,10-,11?. The lowest BCUT2D eigenvalue weighted by Gasteiger charge is -2.27. The van der Waals surface area contributed by atoms with Crippen LogP contribution in [0.2, 0.25) is 0 Å². The molecule has 0 radical (unpaired) electrons. The summed E-state index contributed by atoms with van der Waals surface area (Å²) in [4.78, 5) is 12.0. The Hall–Kier alpha value is -0.660. The summed E-state index contributed by atoms with van der Waals surface area (Å²) in [6, 6.07) is 0.403. The first-order chi connectivity index (χ1) is 8.86. The molecule has 6 nitrogen and oxygen atoms in total. The molecule has 0 aliphatic heterocycles. The van der Waals surface area contributed by atoms with Crippen molar-refractivity contribution < 1.29 is 17.8 Å². The van der Waals surface area contributed by atoms with Gasteiger partial charge in [0.25, 0.3) is 10.1 Å². The van der Waals surface area contributed by atoms with Gasteiger partial charge in [0, 0.05) is 18.0 Å². The number of carbonyl (C=O) groups excluding carboxylic acids is 1. The van der Waals surface area contributed by atoms with E-state index >= 15 is 0 Å². The minimum absolute atomic E-state index is 0.0772. The van der Waals surface area contributed by atoms with E-state index in [9.17, 15) is 13.2 Å². The molecule has 2 saturated carbocycles. The Morgan fingerprint density at radius 2 is 1.74 bits per heavy atom. The molecule has 2 unspecified atom stereocenters. The summed E-state index contributed by atoms with van der Waals surface area (Å²) in [5.41, 5.74) is 5.81. The Balaban J connectivity index is 1.82. The SMILES string of the molecule is N[C@H]1CC[C@H](NC(=O)C2CCC(S(=O)(=O)O)C2)CC1. The number of amides is 1. The van der Waals surface area contributed by atoms with Crippen LogP contribution >= 0.6 is 0 Å². The summed E-state index contributed by atoms with van der Waals surface area (Å²) < 4.78 is 31.1. The van der Waals surface area contributed by atoms with Crippen molar-refractivity contribution in [3.63, 3.8) is 0 Å². The average Bonchev–Trinajstić information content (AvgIpc) is 2.81. The molecule has 0 aromatic heterocycles. The monoisotopic (exact) mass is 290 g/mol. The number of carbonyl (C=O) groups is 1. The van der Waals surface area contributed by atoms with E-state index in [1.54, 1.807) is 0 Å². The van der Waals surface area contributed by atoms with Gasteiger partial charge in [0.05, 0.1) is 5.25 Å². The van der Waals surface area contributed by atoms with Crippen molar-refractivity contribution in [2.75, 3.05) is 0 Å². The third-order valence-electron chi connectivity index (χ3n) is 4.29. The first-order valence-electron chi connectivity index (χ1n) is 6.88. The molecule has 0 saturated heterocycles. The first kappa shape index (κ1) is 14.7. The van der Waals surface area contributed by atoms with Gasteiger partial charge in [-0.2, -0.15) is 8.42 Å². The van der Waals surface area contributed by atoms with Crippen LogP contribution in [0.3, 0.4) is 0 Å². The first-order valence-corrected chi connectivity index (χ1v) is 8.39. The van der Waals surface area contributed by atoms with Gasteiger partial charge in [-0.25, -0.2) is 0 Å². The van der Waals surface area contributed by atoms with Crippen LogP contribution in [0.4, 0.5) is 0 Å². The normalized spacial score (nSPS) is 36.1. The van der Waals surface area contributed by atoms with E-state index in [2.05, 4.69) is 5.32 Å². The zero-order chi connectivity index (χ0) is 14.0. The maximum absolute atomic E-state index is 12.0. The minimum atomic E-state index is -4.01. The van der Waals surface area contributed by atoms with Gasteiger partial charge >= 0.3 is 0 Å². The summed E-state index contributed by atoms with van der Waals surface area (Å²) in [5.74, 6) is -0.367. The fourth-order valence-corrected chi connectivity index (χ4v) is 3.94. The molecule has 19 heavy (non-hydrogen) atoms. The second kappa shape index (κ2) is 5.76. The number of nitrogens with two attached hydrogens (primary N) is 1. The van der Waals surface area contributed by atoms with Crippen LogP contribution in [0.5, 0.6) is 0 Å². The summed E-state index contributed by atoms with van der Waals surface area (Å²) >= 11 is 0.